The quantitative estimate of drug-likeness (QED) is 0.421. The maximum Gasteiger partial charge on any atom is 0.213 e. The van der Waals surface area contributed by atoms with Crippen molar-refractivity contribution in [2.45, 2.75) is 31.9 Å². The van der Waals surface area contributed by atoms with E-state index in [1.807, 2.05) is 17.5 Å². The first-order valence-corrected chi connectivity index (χ1v) is 11.3. The summed E-state index contributed by atoms with van der Waals surface area (Å²) in [6.07, 6.45) is 5.44. The van der Waals surface area contributed by atoms with Crippen molar-refractivity contribution < 1.29 is 13.5 Å². The van der Waals surface area contributed by atoms with Gasteiger partial charge in [-0.05, 0) is 37.8 Å². The summed E-state index contributed by atoms with van der Waals surface area (Å²) < 4.78 is 35.7. The molecule has 34 heavy (non-hydrogen) atoms. The van der Waals surface area contributed by atoms with Crippen molar-refractivity contribution >= 4 is 22.6 Å². The van der Waals surface area contributed by atoms with Crippen LogP contribution in [-0.2, 0) is 4.74 Å². The molecule has 2 aliphatic rings. The van der Waals surface area contributed by atoms with Crippen LogP contribution in [0.5, 0.6) is 0 Å². The summed E-state index contributed by atoms with van der Waals surface area (Å²) in [7, 11) is 0. The van der Waals surface area contributed by atoms with Crippen LogP contribution in [-0.4, -0.2) is 56.4 Å². The monoisotopic (exact) mass is 463 g/mol. The number of benzene rings is 1. The van der Waals surface area contributed by atoms with Crippen LogP contribution in [0.2, 0.25) is 0 Å². The molecule has 0 saturated carbocycles. The molecule has 6 rings (SSSR count). The van der Waals surface area contributed by atoms with Gasteiger partial charge in [-0.2, -0.15) is 10.1 Å². The third-order valence-corrected chi connectivity index (χ3v) is 7.20. The predicted molar refractivity (Wildman–Crippen MR) is 122 cm³/mol. The predicted octanol–water partition coefficient (Wildman–Crippen LogP) is 2.62. The molecular formula is C24H23F2N7O. The van der Waals surface area contributed by atoms with Crippen molar-refractivity contribution in [3.63, 3.8) is 0 Å². The molecule has 1 aromatic carbocycles. The average molecular weight is 463 g/mol. The fraction of sp³-hybridized carbons (Fsp3) is 0.375. The van der Waals surface area contributed by atoms with E-state index in [1.165, 1.54) is 18.2 Å². The second-order valence-electron chi connectivity index (χ2n) is 9.07. The number of aromatic amines is 1. The third-order valence-electron chi connectivity index (χ3n) is 7.20. The van der Waals surface area contributed by atoms with Crippen LogP contribution in [0.15, 0.2) is 30.6 Å². The standard InChI is InChI=1S/C24H23F2N7O/c1-14-20(27)24(13-34-14)7-10-32(11-8-24)23-29-21-19(22-28-9-12-33(22)23)18(30-31-21)6-5-15-16(25)3-2-4-17(15)26/h2-4,9,12,14,20H,7-8,10-11,13,27H2,1H3,(H,30,31)/t14-,20+/m0/s1. The highest BCUT2D eigenvalue weighted by Crippen LogP contribution is 2.42. The van der Waals surface area contributed by atoms with Gasteiger partial charge in [-0.25, -0.2) is 13.8 Å². The lowest BCUT2D eigenvalue weighted by Gasteiger charge is -2.41. The largest absolute Gasteiger partial charge is 0.376 e. The van der Waals surface area contributed by atoms with Crippen LogP contribution in [0.4, 0.5) is 14.7 Å². The van der Waals surface area contributed by atoms with Gasteiger partial charge in [0.05, 0.1) is 23.7 Å². The van der Waals surface area contributed by atoms with Gasteiger partial charge in [0.2, 0.25) is 5.95 Å². The molecule has 1 spiro atoms. The van der Waals surface area contributed by atoms with Crippen LogP contribution < -0.4 is 10.6 Å². The van der Waals surface area contributed by atoms with Crippen LogP contribution in [0.3, 0.4) is 0 Å². The Labute approximate surface area is 194 Å². The van der Waals surface area contributed by atoms with Crippen molar-refractivity contribution in [3.8, 4) is 11.8 Å². The Balaban J connectivity index is 1.36. The first kappa shape index (κ1) is 21.0. The van der Waals surface area contributed by atoms with E-state index in [1.54, 1.807) is 6.20 Å². The van der Waals surface area contributed by atoms with Gasteiger partial charge in [0.25, 0.3) is 0 Å². The SMILES string of the molecule is C[C@@H]1OCC2(CCN(c3nc4[nH]nc(C#Cc5c(F)cccc5F)c4c4nccn34)CC2)[C@@H]1N. The molecule has 0 aliphatic carbocycles. The van der Waals surface area contributed by atoms with E-state index in [-0.39, 0.29) is 23.1 Å². The number of halogens is 2. The Hall–Kier alpha value is -3.55. The Morgan fingerprint density at radius 3 is 2.68 bits per heavy atom. The zero-order valence-corrected chi connectivity index (χ0v) is 18.6. The first-order chi connectivity index (χ1) is 16.5. The summed E-state index contributed by atoms with van der Waals surface area (Å²) in [5, 5.41) is 7.76. The van der Waals surface area contributed by atoms with E-state index >= 15 is 0 Å². The maximum atomic E-state index is 14.0. The molecule has 0 unspecified atom stereocenters. The zero-order valence-electron chi connectivity index (χ0n) is 18.6. The first-order valence-electron chi connectivity index (χ1n) is 11.3. The number of anilines is 1. The van der Waals surface area contributed by atoms with Crippen LogP contribution in [0.1, 0.15) is 31.0 Å². The molecule has 5 heterocycles. The molecule has 8 nitrogen and oxygen atoms in total. The Morgan fingerprint density at radius 1 is 1.21 bits per heavy atom. The molecular weight excluding hydrogens is 440 g/mol. The summed E-state index contributed by atoms with van der Waals surface area (Å²) in [5.41, 5.74) is 7.64. The van der Waals surface area contributed by atoms with E-state index in [0.717, 1.165) is 31.9 Å². The van der Waals surface area contributed by atoms with E-state index in [9.17, 15) is 8.78 Å². The molecule has 10 heteroatoms. The van der Waals surface area contributed by atoms with Crippen molar-refractivity contribution in [1.29, 1.82) is 0 Å². The highest BCUT2D eigenvalue weighted by Gasteiger charge is 2.47. The lowest BCUT2D eigenvalue weighted by molar-refractivity contribution is 0.0973. The molecule has 4 aromatic rings. The number of hydrogen-bond acceptors (Lipinski definition) is 6. The lowest BCUT2D eigenvalue weighted by atomic mass is 9.73. The number of H-pyrrole nitrogens is 1. The van der Waals surface area contributed by atoms with Crippen molar-refractivity contribution in [2.24, 2.45) is 11.1 Å². The Bertz CT molecular complexity index is 1440. The normalized spacial score (nSPS) is 21.9. The minimum absolute atomic E-state index is 0.00675. The summed E-state index contributed by atoms with van der Waals surface area (Å²) in [4.78, 5) is 11.5. The summed E-state index contributed by atoms with van der Waals surface area (Å²) in [6, 6.07) is 3.68. The van der Waals surface area contributed by atoms with E-state index in [4.69, 9.17) is 15.5 Å². The number of piperidine rings is 1. The van der Waals surface area contributed by atoms with Gasteiger partial charge in [0.15, 0.2) is 11.3 Å². The van der Waals surface area contributed by atoms with Crippen molar-refractivity contribution in [3.05, 3.63) is 53.5 Å². The minimum atomic E-state index is -0.719. The topological polar surface area (TPSA) is 97.4 Å². The summed E-state index contributed by atoms with van der Waals surface area (Å²) in [5.74, 6) is 4.66. The minimum Gasteiger partial charge on any atom is -0.376 e. The van der Waals surface area contributed by atoms with Crippen molar-refractivity contribution in [2.75, 3.05) is 24.6 Å². The highest BCUT2D eigenvalue weighted by atomic mass is 19.1. The Morgan fingerprint density at radius 2 is 1.97 bits per heavy atom. The number of hydrogen-bond donors (Lipinski definition) is 2. The highest BCUT2D eigenvalue weighted by molar-refractivity contribution is 5.94. The third kappa shape index (κ3) is 3.15. The van der Waals surface area contributed by atoms with Gasteiger partial charge in [-0.15, -0.1) is 0 Å². The molecule has 0 bridgehead atoms. The van der Waals surface area contributed by atoms with Gasteiger partial charge in [0.1, 0.15) is 17.3 Å². The molecule has 0 radical (unpaired) electrons. The van der Waals surface area contributed by atoms with Crippen LogP contribution in [0.25, 0.3) is 16.7 Å². The number of rotatable bonds is 1. The number of imidazole rings is 1. The lowest BCUT2D eigenvalue weighted by Crippen LogP contribution is -2.51. The fourth-order valence-corrected chi connectivity index (χ4v) is 5.11. The van der Waals surface area contributed by atoms with Gasteiger partial charge in [-0.3, -0.25) is 9.50 Å². The van der Waals surface area contributed by atoms with Gasteiger partial charge in [0, 0.05) is 36.9 Å². The van der Waals surface area contributed by atoms with Gasteiger partial charge >= 0.3 is 0 Å². The maximum absolute atomic E-state index is 14.0. The number of ether oxygens (including phenoxy) is 1. The molecule has 3 aromatic heterocycles. The van der Waals surface area contributed by atoms with Crippen molar-refractivity contribution in [1.82, 2.24) is 24.6 Å². The number of nitrogens with one attached hydrogen (secondary N) is 1. The number of nitrogens with two attached hydrogens (primary N) is 1. The van der Waals surface area contributed by atoms with E-state index in [2.05, 4.69) is 31.9 Å². The van der Waals surface area contributed by atoms with E-state index < -0.39 is 11.6 Å². The smallest absolute Gasteiger partial charge is 0.213 e. The second-order valence-corrected chi connectivity index (χ2v) is 9.07. The van der Waals surface area contributed by atoms with Crippen LogP contribution >= 0.6 is 0 Å². The number of aromatic nitrogens is 5. The van der Waals surface area contributed by atoms with Gasteiger partial charge < -0.3 is 15.4 Å². The Kier molecular flexibility index (Phi) is 4.79. The molecule has 3 N–H and O–H groups in total. The molecule has 174 valence electrons. The summed E-state index contributed by atoms with van der Waals surface area (Å²) >= 11 is 0. The molecule has 0 amide bonds. The summed E-state index contributed by atoms with van der Waals surface area (Å²) in [6.45, 7) is 4.32. The average Bonchev–Trinajstić information content (AvgIpc) is 3.54. The fourth-order valence-electron chi connectivity index (χ4n) is 5.11. The second kappa shape index (κ2) is 7.75. The molecule has 2 atom stereocenters. The molecule has 2 aliphatic heterocycles. The van der Waals surface area contributed by atoms with Crippen LogP contribution in [0, 0.1) is 28.9 Å². The van der Waals surface area contributed by atoms with E-state index in [0.29, 0.717) is 29.0 Å². The number of nitrogens with zero attached hydrogens (tertiary/aromatic N) is 5. The molecule has 2 saturated heterocycles. The van der Waals surface area contributed by atoms with Gasteiger partial charge in [-0.1, -0.05) is 12.0 Å². The zero-order chi connectivity index (χ0) is 23.4. The molecule has 2 fully saturated rings. The number of fused-ring (bicyclic) bond motifs is 3.